The number of hydrogen-bond acceptors (Lipinski definition) is 4. The number of aromatic nitrogens is 2. The molecule has 5 heteroatoms. The molecular formula is C17H19N3O2. The molecule has 1 amide bonds. The zero-order chi connectivity index (χ0) is 15.5. The topological polar surface area (TPSA) is 64.1 Å². The van der Waals surface area contributed by atoms with Crippen LogP contribution >= 0.6 is 0 Å². The molecule has 114 valence electrons. The summed E-state index contributed by atoms with van der Waals surface area (Å²) in [5, 5.41) is 2.90. The second kappa shape index (κ2) is 6.13. The SMILES string of the molecule is COc1ccc(C)nc1NC(=O)C1CCCc2cccnc21. The van der Waals surface area contributed by atoms with E-state index < -0.39 is 0 Å². The molecule has 1 N–H and O–H groups in total. The molecule has 1 aliphatic carbocycles. The Bertz CT molecular complexity index is 700. The van der Waals surface area contributed by atoms with Gasteiger partial charge in [-0.1, -0.05) is 6.07 Å². The number of pyridine rings is 2. The van der Waals surface area contributed by atoms with Gasteiger partial charge in [-0.05, 0) is 49.9 Å². The summed E-state index contributed by atoms with van der Waals surface area (Å²) >= 11 is 0. The summed E-state index contributed by atoms with van der Waals surface area (Å²) in [5.41, 5.74) is 2.88. The molecule has 2 aromatic rings. The zero-order valence-electron chi connectivity index (χ0n) is 12.8. The van der Waals surface area contributed by atoms with Crippen molar-refractivity contribution in [2.45, 2.75) is 32.1 Å². The van der Waals surface area contributed by atoms with Gasteiger partial charge in [0.1, 0.15) is 0 Å². The highest BCUT2D eigenvalue weighted by Crippen LogP contribution is 2.31. The van der Waals surface area contributed by atoms with E-state index in [9.17, 15) is 4.79 Å². The van der Waals surface area contributed by atoms with Crippen LogP contribution in [0.1, 0.15) is 35.7 Å². The van der Waals surface area contributed by atoms with Crippen molar-refractivity contribution in [1.82, 2.24) is 9.97 Å². The van der Waals surface area contributed by atoms with Crippen LogP contribution in [0.3, 0.4) is 0 Å². The lowest BCUT2D eigenvalue weighted by Crippen LogP contribution is -2.26. The lowest BCUT2D eigenvalue weighted by Gasteiger charge is -2.23. The third kappa shape index (κ3) is 2.79. The maximum Gasteiger partial charge on any atom is 0.234 e. The molecule has 0 aliphatic heterocycles. The minimum Gasteiger partial charge on any atom is -0.493 e. The molecule has 2 aromatic heterocycles. The van der Waals surface area contributed by atoms with Crippen LogP contribution in [0.2, 0.25) is 0 Å². The van der Waals surface area contributed by atoms with Gasteiger partial charge in [-0.25, -0.2) is 4.98 Å². The lowest BCUT2D eigenvalue weighted by atomic mass is 9.86. The molecule has 1 atom stereocenters. The summed E-state index contributed by atoms with van der Waals surface area (Å²) in [6.45, 7) is 1.88. The fourth-order valence-electron chi connectivity index (χ4n) is 2.87. The van der Waals surface area contributed by atoms with E-state index >= 15 is 0 Å². The van der Waals surface area contributed by atoms with Crippen LogP contribution in [-0.4, -0.2) is 23.0 Å². The van der Waals surface area contributed by atoms with E-state index in [4.69, 9.17) is 4.74 Å². The molecule has 0 bridgehead atoms. The van der Waals surface area contributed by atoms with Crippen molar-refractivity contribution in [3.05, 3.63) is 47.4 Å². The monoisotopic (exact) mass is 297 g/mol. The van der Waals surface area contributed by atoms with Crippen molar-refractivity contribution in [2.24, 2.45) is 0 Å². The maximum atomic E-state index is 12.7. The van der Waals surface area contributed by atoms with Gasteiger partial charge in [-0.3, -0.25) is 9.78 Å². The van der Waals surface area contributed by atoms with E-state index in [-0.39, 0.29) is 11.8 Å². The molecule has 0 aromatic carbocycles. The van der Waals surface area contributed by atoms with Gasteiger partial charge in [0.15, 0.2) is 11.6 Å². The van der Waals surface area contributed by atoms with Crippen molar-refractivity contribution in [1.29, 1.82) is 0 Å². The van der Waals surface area contributed by atoms with Gasteiger partial charge in [-0.2, -0.15) is 0 Å². The van der Waals surface area contributed by atoms with E-state index in [2.05, 4.69) is 15.3 Å². The number of hydrogen-bond donors (Lipinski definition) is 1. The number of rotatable bonds is 3. The standard InChI is InChI=1S/C17H19N3O2/c1-11-8-9-14(22-2)16(19-11)20-17(21)13-7-3-5-12-6-4-10-18-15(12)13/h4,6,8-10,13H,3,5,7H2,1-2H3,(H,19,20,21). The Morgan fingerprint density at radius 1 is 1.36 bits per heavy atom. The average molecular weight is 297 g/mol. The highest BCUT2D eigenvalue weighted by molar-refractivity contribution is 5.96. The lowest BCUT2D eigenvalue weighted by molar-refractivity contribution is -0.118. The molecule has 0 fully saturated rings. The molecule has 0 radical (unpaired) electrons. The van der Waals surface area contributed by atoms with Crippen molar-refractivity contribution < 1.29 is 9.53 Å². The summed E-state index contributed by atoms with van der Waals surface area (Å²) in [6, 6.07) is 7.63. The van der Waals surface area contributed by atoms with Gasteiger partial charge in [0.25, 0.3) is 0 Å². The van der Waals surface area contributed by atoms with E-state index in [0.29, 0.717) is 11.6 Å². The van der Waals surface area contributed by atoms with Crippen molar-refractivity contribution >= 4 is 11.7 Å². The van der Waals surface area contributed by atoms with E-state index in [1.54, 1.807) is 13.3 Å². The van der Waals surface area contributed by atoms with Crippen LogP contribution in [-0.2, 0) is 11.2 Å². The molecule has 0 saturated carbocycles. The number of aryl methyl sites for hydroxylation is 2. The Balaban J connectivity index is 1.86. The third-order valence-corrected chi connectivity index (χ3v) is 3.97. The third-order valence-electron chi connectivity index (χ3n) is 3.97. The second-order valence-corrected chi connectivity index (χ2v) is 5.49. The van der Waals surface area contributed by atoms with Gasteiger partial charge in [0.05, 0.1) is 18.7 Å². The first-order valence-electron chi connectivity index (χ1n) is 7.45. The Kier molecular flexibility index (Phi) is 4.04. The minimum absolute atomic E-state index is 0.0731. The first-order chi connectivity index (χ1) is 10.7. The largest absolute Gasteiger partial charge is 0.493 e. The second-order valence-electron chi connectivity index (χ2n) is 5.49. The number of nitrogens with zero attached hydrogens (tertiary/aromatic N) is 2. The first-order valence-corrected chi connectivity index (χ1v) is 7.45. The average Bonchev–Trinajstić information content (AvgIpc) is 2.54. The quantitative estimate of drug-likeness (QED) is 0.946. The molecule has 0 spiro atoms. The molecule has 22 heavy (non-hydrogen) atoms. The zero-order valence-corrected chi connectivity index (χ0v) is 12.8. The fraction of sp³-hybridized carbons (Fsp3) is 0.353. The van der Waals surface area contributed by atoms with Gasteiger partial charge < -0.3 is 10.1 Å². The Hall–Kier alpha value is -2.43. The van der Waals surface area contributed by atoms with E-state index in [1.165, 1.54) is 0 Å². The number of carbonyl (C=O) groups excluding carboxylic acids is 1. The highest BCUT2D eigenvalue weighted by Gasteiger charge is 2.28. The number of anilines is 1. The van der Waals surface area contributed by atoms with Crippen LogP contribution in [0.4, 0.5) is 5.82 Å². The number of nitrogens with one attached hydrogen (secondary N) is 1. The van der Waals surface area contributed by atoms with Crippen LogP contribution < -0.4 is 10.1 Å². The molecule has 1 aliphatic rings. The summed E-state index contributed by atoms with van der Waals surface area (Å²) in [7, 11) is 1.57. The number of amides is 1. The highest BCUT2D eigenvalue weighted by atomic mass is 16.5. The predicted octanol–water partition coefficient (Wildman–Crippen LogP) is 2.85. The first kappa shape index (κ1) is 14.5. The van der Waals surface area contributed by atoms with Gasteiger partial charge in [0.2, 0.25) is 5.91 Å². The molecule has 0 saturated heterocycles. The maximum absolute atomic E-state index is 12.7. The van der Waals surface area contributed by atoms with E-state index in [1.807, 2.05) is 31.2 Å². The number of ether oxygens (including phenoxy) is 1. The molecule has 2 heterocycles. The smallest absolute Gasteiger partial charge is 0.234 e. The van der Waals surface area contributed by atoms with Crippen LogP contribution in [0.5, 0.6) is 5.75 Å². The van der Waals surface area contributed by atoms with Crippen molar-refractivity contribution in [3.63, 3.8) is 0 Å². The number of methoxy groups -OCH3 is 1. The number of carbonyl (C=O) groups is 1. The summed E-state index contributed by atoms with van der Waals surface area (Å²) in [4.78, 5) is 21.4. The van der Waals surface area contributed by atoms with Crippen LogP contribution in [0.15, 0.2) is 30.5 Å². The summed E-state index contributed by atoms with van der Waals surface area (Å²) in [6.07, 6.45) is 4.54. The Morgan fingerprint density at radius 3 is 3.05 bits per heavy atom. The molecule has 5 nitrogen and oxygen atoms in total. The van der Waals surface area contributed by atoms with Gasteiger partial charge in [0, 0.05) is 11.9 Å². The summed E-state index contributed by atoms with van der Waals surface area (Å²) < 4.78 is 5.27. The van der Waals surface area contributed by atoms with Gasteiger partial charge >= 0.3 is 0 Å². The minimum atomic E-state index is -0.225. The number of fused-ring (bicyclic) bond motifs is 1. The van der Waals surface area contributed by atoms with Crippen LogP contribution in [0, 0.1) is 6.92 Å². The molecular weight excluding hydrogens is 278 g/mol. The normalized spacial score (nSPS) is 16.7. The van der Waals surface area contributed by atoms with Crippen LogP contribution in [0.25, 0.3) is 0 Å². The fourth-order valence-corrected chi connectivity index (χ4v) is 2.87. The van der Waals surface area contributed by atoms with Crippen molar-refractivity contribution in [2.75, 3.05) is 12.4 Å². The Labute approximate surface area is 129 Å². The summed E-state index contributed by atoms with van der Waals surface area (Å²) in [5.74, 6) is 0.736. The Morgan fingerprint density at radius 2 is 2.23 bits per heavy atom. The van der Waals surface area contributed by atoms with E-state index in [0.717, 1.165) is 36.2 Å². The molecule has 3 rings (SSSR count). The predicted molar refractivity (Wildman–Crippen MR) is 84.1 cm³/mol. The molecule has 1 unspecified atom stereocenters. The van der Waals surface area contributed by atoms with Gasteiger partial charge in [-0.15, -0.1) is 0 Å². The van der Waals surface area contributed by atoms with Crippen molar-refractivity contribution in [3.8, 4) is 5.75 Å².